The van der Waals surface area contributed by atoms with Crippen LogP contribution < -0.4 is 25.7 Å². The van der Waals surface area contributed by atoms with Gasteiger partial charge in [0.15, 0.2) is 0 Å². The highest BCUT2D eigenvalue weighted by atomic mass is 19.1. The monoisotopic (exact) mass is 1210 g/mol. The highest BCUT2D eigenvalue weighted by Crippen LogP contribution is 2.32. The number of nitrogens with one attached hydrogen (secondary N) is 3. The van der Waals surface area contributed by atoms with Crippen LogP contribution in [0.2, 0.25) is 0 Å². The number of hydrogen-bond acceptors (Lipinski definition) is 12. The smallest absolute Gasteiger partial charge is 0.272 e. The Bertz CT molecular complexity index is 3160. The number of rotatable bonds is 19. The number of ether oxygens (including phenoxy) is 2. The maximum Gasteiger partial charge on any atom is 0.272 e. The van der Waals surface area contributed by atoms with Crippen LogP contribution in [0.3, 0.4) is 0 Å². The number of carbonyl (C=O) groups excluding carboxylic acids is 5. The number of benzene rings is 4. The molecule has 0 spiro atoms. The molecule has 5 aromatic rings. The van der Waals surface area contributed by atoms with Crippen LogP contribution in [0.1, 0.15) is 148 Å². The number of hydrogen-bond donors (Lipinski definition) is 3. The molecule has 2 unspecified atom stereocenters. The van der Waals surface area contributed by atoms with E-state index in [-0.39, 0.29) is 53.1 Å². The van der Waals surface area contributed by atoms with Crippen LogP contribution in [-0.4, -0.2) is 187 Å². The summed E-state index contributed by atoms with van der Waals surface area (Å²) >= 11 is 0. The SMILES string of the molecule is CC.CCC.CCOc1cc(OC)ccc1CNCC(=O)N1CCCC(c2cccc(C(=O)NC(C(=O)N3CCC(CN4CCN(CC(=O)N5CCN(C(=O)c6cc(Cc7n[nH]c(=O)c8ccccc78)ccc6F)CC5)CC4)CC3)C3CCCCC3)c2)C1. The van der Waals surface area contributed by atoms with Gasteiger partial charge in [0.1, 0.15) is 23.4 Å². The van der Waals surface area contributed by atoms with Crippen molar-refractivity contribution >= 4 is 40.3 Å². The molecule has 2 atom stereocenters. The first-order chi connectivity index (χ1) is 42.8. The van der Waals surface area contributed by atoms with Crippen molar-refractivity contribution in [2.75, 3.05) is 112 Å². The summed E-state index contributed by atoms with van der Waals surface area (Å²) in [6.45, 7) is 19.8. The molecule has 476 valence electrons. The van der Waals surface area contributed by atoms with Gasteiger partial charge in [0, 0.05) is 127 Å². The largest absolute Gasteiger partial charge is 0.497 e. The topological polar surface area (TPSA) is 193 Å². The van der Waals surface area contributed by atoms with E-state index < -0.39 is 17.8 Å². The average Bonchev–Trinajstić information content (AvgIpc) is 2.52. The lowest BCUT2D eigenvalue weighted by Gasteiger charge is -2.41. The third kappa shape index (κ3) is 17.8. The zero-order chi connectivity index (χ0) is 62.5. The maximum atomic E-state index is 15.2. The van der Waals surface area contributed by atoms with Gasteiger partial charge in [0.05, 0.1) is 43.4 Å². The number of halogens is 1. The van der Waals surface area contributed by atoms with Gasteiger partial charge in [-0.25, -0.2) is 9.49 Å². The van der Waals surface area contributed by atoms with E-state index in [1.54, 1.807) is 41.2 Å². The summed E-state index contributed by atoms with van der Waals surface area (Å²) in [4.78, 5) is 93.7. The molecule has 1 saturated carbocycles. The number of aromatic nitrogens is 2. The third-order valence-electron chi connectivity index (χ3n) is 17.8. The van der Waals surface area contributed by atoms with Gasteiger partial charge in [0.2, 0.25) is 17.7 Å². The standard InChI is InChI=1S/C64H81FN10O8.C3H8.C2H6/c1-3-83-57-38-51(82-2)20-19-49(57)39-66-40-58(76)75-24-10-15-50(42-75)47-13-9-14-48(37-47)61(78)67-60(46-11-5-4-6-12-46)64(81)73-25-22-44(23-26-73)41-70-27-29-71(30-28-70)43-59(77)72-31-33-74(34-32-72)63(80)54-35-45(18-21-55(54)65)36-56-52-16-7-8-17-53(52)62(79)69-68-56;1-3-2;1-2/h7-9,13-14,16-21,35,37-38,44,46,50,60,66H,3-6,10-12,15,22-34,36,39-43H2,1-2H3,(H,67,78)(H,69,79);3H2,1-2H3;1-2H3. The van der Waals surface area contributed by atoms with Gasteiger partial charge in [-0.2, -0.15) is 5.10 Å². The van der Waals surface area contributed by atoms with Crippen molar-refractivity contribution in [3.8, 4) is 11.5 Å². The molecule has 5 fully saturated rings. The van der Waals surface area contributed by atoms with E-state index in [9.17, 15) is 28.8 Å². The average molecular weight is 1210 g/mol. The Hall–Kier alpha value is -7.22. The molecule has 10 rings (SSSR count). The molecule has 18 nitrogen and oxygen atoms in total. The van der Waals surface area contributed by atoms with Gasteiger partial charge in [-0.05, 0) is 105 Å². The van der Waals surface area contributed by atoms with Crippen molar-refractivity contribution in [1.29, 1.82) is 0 Å². The van der Waals surface area contributed by atoms with Gasteiger partial charge in [-0.1, -0.05) is 95.8 Å². The Morgan fingerprint density at radius 1 is 0.705 bits per heavy atom. The van der Waals surface area contributed by atoms with Gasteiger partial charge < -0.3 is 44.6 Å². The number of amides is 5. The Balaban J connectivity index is 0.00000195. The molecule has 1 aromatic heterocycles. The zero-order valence-corrected chi connectivity index (χ0v) is 53.0. The van der Waals surface area contributed by atoms with E-state index in [1.165, 1.54) is 12.5 Å². The van der Waals surface area contributed by atoms with Crippen LogP contribution in [0.5, 0.6) is 11.5 Å². The van der Waals surface area contributed by atoms with Crippen LogP contribution in [-0.2, 0) is 27.3 Å². The first-order valence-corrected chi connectivity index (χ1v) is 32.6. The predicted molar refractivity (Wildman–Crippen MR) is 342 cm³/mol. The normalized spacial score (nSPS) is 18.3. The van der Waals surface area contributed by atoms with Crippen LogP contribution >= 0.6 is 0 Å². The lowest BCUT2D eigenvalue weighted by atomic mass is 9.82. The number of nitrogens with zero attached hydrogens (tertiary/aromatic N) is 7. The number of carbonyl (C=O) groups is 5. The van der Waals surface area contributed by atoms with E-state index in [0.29, 0.717) is 118 Å². The number of H-pyrrole nitrogens is 1. The van der Waals surface area contributed by atoms with Crippen molar-refractivity contribution < 1.29 is 37.8 Å². The van der Waals surface area contributed by atoms with Crippen LogP contribution in [0, 0.1) is 17.7 Å². The number of likely N-dealkylation sites (tertiary alicyclic amines) is 2. The fourth-order valence-electron chi connectivity index (χ4n) is 13.0. The highest BCUT2D eigenvalue weighted by molar-refractivity contribution is 5.98. The highest BCUT2D eigenvalue weighted by Gasteiger charge is 2.37. The fourth-order valence-corrected chi connectivity index (χ4v) is 13.0. The second-order valence-corrected chi connectivity index (χ2v) is 23.9. The summed E-state index contributed by atoms with van der Waals surface area (Å²) in [7, 11) is 1.62. The van der Waals surface area contributed by atoms with Crippen molar-refractivity contribution in [2.45, 2.75) is 124 Å². The summed E-state index contributed by atoms with van der Waals surface area (Å²) in [5.41, 5.74) is 3.51. The van der Waals surface area contributed by atoms with E-state index in [0.717, 1.165) is 107 Å². The predicted octanol–water partition coefficient (Wildman–Crippen LogP) is 8.52. The molecular formula is C69H95FN10O8. The summed E-state index contributed by atoms with van der Waals surface area (Å²) in [5, 5.41) is 14.6. The Kier molecular flexibility index (Phi) is 25.3. The number of piperidine rings is 2. The lowest BCUT2D eigenvalue weighted by Crippen LogP contribution is -2.55. The van der Waals surface area contributed by atoms with Gasteiger partial charge in [-0.15, -0.1) is 0 Å². The molecule has 1 aliphatic carbocycles. The first kappa shape index (κ1) is 66.7. The molecular weight excluding hydrogens is 1120 g/mol. The van der Waals surface area contributed by atoms with Crippen molar-refractivity contribution in [3.05, 3.63) is 135 Å². The van der Waals surface area contributed by atoms with Crippen LogP contribution in [0.25, 0.3) is 10.8 Å². The van der Waals surface area contributed by atoms with E-state index >= 15 is 4.39 Å². The molecule has 4 aliphatic heterocycles. The van der Waals surface area contributed by atoms with Crippen LogP contribution in [0.15, 0.2) is 89.7 Å². The third-order valence-corrected chi connectivity index (χ3v) is 17.8. The van der Waals surface area contributed by atoms with Gasteiger partial charge in [-0.3, -0.25) is 33.7 Å². The van der Waals surface area contributed by atoms with Crippen molar-refractivity contribution in [3.63, 3.8) is 0 Å². The molecule has 4 saturated heterocycles. The van der Waals surface area contributed by atoms with E-state index in [2.05, 4.69) is 44.5 Å². The van der Waals surface area contributed by atoms with Crippen molar-refractivity contribution in [1.82, 2.24) is 50.2 Å². The second-order valence-electron chi connectivity index (χ2n) is 23.9. The fraction of sp³-hybridized carbons (Fsp3) is 0.551. The molecule has 0 radical (unpaired) electrons. The molecule has 5 heterocycles. The molecule has 5 amide bonds. The maximum absolute atomic E-state index is 15.2. The first-order valence-electron chi connectivity index (χ1n) is 32.6. The molecule has 3 N–H and O–H groups in total. The molecule has 4 aromatic carbocycles. The Morgan fingerprint density at radius 3 is 2.12 bits per heavy atom. The van der Waals surface area contributed by atoms with E-state index in [4.69, 9.17) is 9.47 Å². The zero-order valence-electron chi connectivity index (χ0n) is 53.0. The number of aromatic amines is 1. The second kappa shape index (κ2) is 33.4. The Labute approximate surface area is 519 Å². The van der Waals surface area contributed by atoms with E-state index in [1.807, 2.05) is 85.2 Å². The minimum Gasteiger partial charge on any atom is -0.497 e. The quantitative estimate of drug-likeness (QED) is 0.0715. The van der Waals surface area contributed by atoms with Gasteiger partial charge >= 0.3 is 0 Å². The van der Waals surface area contributed by atoms with Crippen LogP contribution in [0.4, 0.5) is 4.39 Å². The molecule has 5 aliphatic rings. The number of fused-ring (bicyclic) bond motifs is 1. The Morgan fingerprint density at radius 2 is 1.41 bits per heavy atom. The van der Waals surface area contributed by atoms with Gasteiger partial charge in [0.25, 0.3) is 17.4 Å². The van der Waals surface area contributed by atoms with Crippen molar-refractivity contribution in [2.24, 2.45) is 11.8 Å². The summed E-state index contributed by atoms with van der Waals surface area (Å²) in [6, 6.07) is 24.5. The summed E-state index contributed by atoms with van der Waals surface area (Å²) in [6.07, 6.45) is 10.2. The number of piperazine rings is 2. The summed E-state index contributed by atoms with van der Waals surface area (Å²) < 4.78 is 26.3. The minimum atomic E-state index is -0.610. The molecule has 19 heteroatoms. The minimum absolute atomic E-state index is 0.0218. The number of methoxy groups -OCH3 is 1. The molecule has 88 heavy (non-hydrogen) atoms. The summed E-state index contributed by atoms with van der Waals surface area (Å²) in [5.74, 6) is 0.887. The molecule has 0 bridgehead atoms. The lowest BCUT2D eigenvalue weighted by molar-refractivity contribution is -0.137.